The Bertz CT molecular complexity index is 2800. The third kappa shape index (κ3) is 11.4. The van der Waals surface area contributed by atoms with Gasteiger partial charge in [-0.3, -0.25) is 19.7 Å². The number of carbonyl (C=O) groups excluding carboxylic acids is 2. The van der Waals surface area contributed by atoms with Crippen molar-refractivity contribution in [2.75, 3.05) is 19.8 Å². The van der Waals surface area contributed by atoms with E-state index in [9.17, 15) is 25.1 Å². The lowest BCUT2D eigenvalue weighted by Crippen LogP contribution is -2.70. The second-order valence-corrected chi connectivity index (χ2v) is 20.1. The van der Waals surface area contributed by atoms with Crippen LogP contribution in [-0.4, -0.2) is 69.6 Å². The monoisotopic (exact) mass is 989 g/mol. The molecule has 3 aliphatic carbocycles. The molecule has 73 heavy (non-hydrogen) atoms. The van der Waals surface area contributed by atoms with Crippen LogP contribution in [0.4, 0.5) is 5.69 Å². The van der Waals surface area contributed by atoms with E-state index in [2.05, 4.69) is 36.9 Å². The summed E-state index contributed by atoms with van der Waals surface area (Å²) in [7, 11) is 0. The van der Waals surface area contributed by atoms with Gasteiger partial charge in [-0.15, -0.1) is 6.58 Å². The van der Waals surface area contributed by atoms with E-state index in [1.54, 1.807) is 36.4 Å². The van der Waals surface area contributed by atoms with Crippen LogP contribution in [-0.2, 0) is 27.5 Å². The number of nitrogens with zero attached hydrogens (tertiary/aromatic N) is 3. The van der Waals surface area contributed by atoms with Crippen LogP contribution in [0.1, 0.15) is 116 Å². The van der Waals surface area contributed by atoms with Gasteiger partial charge in [-0.05, 0) is 120 Å². The Morgan fingerprint density at radius 2 is 1.64 bits per heavy atom. The molecule has 0 saturated heterocycles. The Balaban J connectivity index is 1.24. The second kappa shape index (κ2) is 23.9. The van der Waals surface area contributed by atoms with Gasteiger partial charge < -0.3 is 34.2 Å². The molecular weight excluding hydrogens is 923 g/mol. The molecule has 2 saturated carbocycles. The molecule has 6 atom stereocenters. The molecule has 6 unspecified atom stereocenters. The lowest BCUT2D eigenvalue weighted by molar-refractivity contribution is -0.384. The highest BCUT2D eigenvalue weighted by Gasteiger charge is 2.65. The van der Waals surface area contributed by atoms with Gasteiger partial charge in [0, 0.05) is 61.8 Å². The maximum absolute atomic E-state index is 15.6. The van der Waals surface area contributed by atoms with Crippen molar-refractivity contribution in [1.29, 1.82) is 0 Å². The summed E-state index contributed by atoms with van der Waals surface area (Å²) in [5, 5.41) is 38.9. The van der Waals surface area contributed by atoms with Crippen molar-refractivity contribution in [3.8, 4) is 17.2 Å². The van der Waals surface area contributed by atoms with E-state index >= 15 is 4.79 Å². The van der Waals surface area contributed by atoms with Gasteiger partial charge in [0.15, 0.2) is 0 Å². The van der Waals surface area contributed by atoms with Gasteiger partial charge in [-0.1, -0.05) is 110 Å². The minimum atomic E-state index is -1.48. The SMILES string of the molecule is C=CCOC12Oc3ccc(Oc4cccc(C=O)c4)cc3C3C(CCCCO)C(CCCCO)C=C(C(=NOCc4ccc([N+](=O)[O-])cc4)CC1N(Cc1cccc4ccccc14)C(=O)CCC1CCCC1)C32. The lowest BCUT2D eigenvalue weighted by Gasteiger charge is -2.60. The topological polar surface area (TPSA) is 170 Å². The van der Waals surface area contributed by atoms with Crippen molar-refractivity contribution in [2.24, 2.45) is 28.8 Å². The molecule has 5 aromatic rings. The third-order valence-electron chi connectivity index (χ3n) is 15.6. The molecule has 13 heteroatoms. The van der Waals surface area contributed by atoms with Gasteiger partial charge >= 0.3 is 0 Å². The molecule has 5 aromatic carbocycles. The Hall–Kier alpha value is -6.67. The van der Waals surface area contributed by atoms with Crippen molar-refractivity contribution in [1.82, 2.24) is 4.90 Å². The Morgan fingerprint density at radius 1 is 0.890 bits per heavy atom. The molecule has 2 N–H and O–H groups in total. The number of rotatable bonds is 24. The number of allylic oxidation sites excluding steroid dienone is 1. The largest absolute Gasteiger partial charge is 0.459 e. The minimum Gasteiger partial charge on any atom is -0.459 e. The molecule has 13 nitrogen and oxygen atoms in total. The maximum atomic E-state index is 15.6. The number of aliphatic hydroxyl groups is 2. The van der Waals surface area contributed by atoms with Gasteiger partial charge in [0.25, 0.3) is 5.69 Å². The van der Waals surface area contributed by atoms with Crippen LogP contribution in [0.2, 0.25) is 0 Å². The van der Waals surface area contributed by atoms with Crippen molar-refractivity contribution in [3.05, 3.63) is 166 Å². The second-order valence-electron chi connectivity index (χ2n) is 20.1. The number of aldehydes is 1. The number of nitro benzene ring substituents is 1. The van der Waals surface area contributed by atoms with E-state index in [-0.39, 0.29) is 68.7 Å². The molecular formula is C60H67N3O10. The van der Waals surface area contributed by atoms with Crippen molar-refractivity contribution in [3.63, 3.8) is 0 Å². The lowest BCUT2D eigenvalue weighted by atomic mass is 9.55. The fourth-order valence-corrected chi connectivity index (χ4v) is 12.2. The van der Waals surface area contributed by atoms with Crippen LogP contribution in [0.25, 0.3) is 10.8 Å². The summed E-state index contributed by atoms with van der Waals surface area (Å²) in [5.74, 6) is -0.226. The third-order valence-corrected chi connectivity index (χ3v) is 15.6. The molecule has 9 rings (SSSR count). The van der Waals surface area contributed by atoms with E-state index in [1.165, 1.54) is 25.0 Å². The first-order valence-corrected chi connectivity index (χ1v) is 26.2. The number of fused-ring (bicyclic) bond motifs is 3. The first-order valence-electron chi connectivity index (χ1n) is 26.2. The molecule has 1 amide bonds. The van der Waals surface area contributed by atoms with E-state index < -0.39 is 22.7 Å². The minimum absolute atomic E-state index is 0.00496. The first kappa shape index (κ1) is 51.2. The zero-order valence-electron chi connectivity index (χ0n) is 41.5. The number of amides is 1. The molecule has 0 radical (unpaired) electrons. The van der Waals surface area contributed by atoms with Crippen LogP contribution in [0.3, 0.4) is 0 Å². The molecule has 0 spiro atoms. The first-order chi connectivity index (χ1) is 35.7. The van der Waals surface area contributed by atoms with Crippen molar-refractivity contribution >= 4 is 34.4 Å². The summed E-state index contributed by atoms with van der Waals surface area (Å²) in [5.41, 5.74) is 4.60. The van der Waals surface area contributed by atoms with Crippen molar-refractivity contribution < 1.29 is 43.8 Å². The molecule has 1 heterocycles. The number of carbonyl (C=O) groups is 2. The fourth-order valence-electron chi connectivity index (χ4n) is 12.2. The number of benzene rings is 5. The number of nitro groups is 1. The number of aliphatic hydroxyl groups excluding tert-OH is 2. The van der Waals surface area contributed by atoms with Gasteiger partial charge in [-0.2, -0.15) is 0 Å². The number of non-ortho nitro benzene ring substituents is 1. The molecule has 0 bridgehead atoms. The van der Waals surface area contributed by atoms with E-state index in [0.29, 0.717) is 59.3 Å². The van der Waals surface area contributed by atoms with Gasteiger partial charge in [0.1, 0.15) is 36.2 Å². The summed E-state index contributed by atoms with van der Waals surface area (Å²) >= 11 is 0. The number of hydrogen-bond donors (Lipinski definition) is 2. The molecule has 382 valence electrons. The smallest absolute Gasteiger partial charge is 0.269 e. The standard InChI is InChI=1S/C60H67N3O10/c1-2-33-70-60-56(62(57(67)30-25-41-13-3-4-14-41)38-46-19-12-18-44-16-5-6-21-50(44)46)37-54(61-71-40-42-23-26-47(27-24-42)63(68)69)52-35-45(17-7-9-31-64)51(22-8-10-32-65)58(59(52)60)53-36-49(28-29-55(53)73-60)72-48-20-11-15-43(34-48)39-66/h2,5-6,11-12,15-16,18-21,23-24,26-29,34-36,39,41,45,51,56,58-59,64-65H,1,3-4,7-10,13-14,17,22,25,30-33,37-38,40H2. The molecule has 4 aliphatic rings. The predicted molar refractivity (Wildman–Crippen MR) is 280 cm³/mol. The Labute approximate surface area is 427 Å². The summed E-state index contributed by atoms with van der Waals surface area (Å²) in [6.07, 6.45) is 15.0. The highest BCUT2D eigenvalue weighted by atomic mass is 16.7. The average molecular weight is 990 g/mol. The van der Waals surface area contributed by atoms with Gasteiger partial charge in [0.2, 0.25) is 11.7 Å². The van der Waals surface area contributed by atoms with Crippen LogP contribution in [0, 0.1) is 33.8 Å². The number of hydrogen-bond acceptors (Lipinski definition) is 11. The summed E-state index contributed by atoms with van der Waals surface area (Å²) in [6.45, 7) is 4.67. The molecule has 1 aliphatic heterocycles. The molecule has 0 aromatic heterocycles. The highest BCUT2D eigenvalue weighted by molar-refractivity contribution is 6.03. The van der Waals surface area contributed by atoms with Crippen molar-refractivity contribution in [2.45, 2.75) is 114 Å². The van der Waals surface area contributed by atoms with E-state index in [4.69, 9.17) is 24.2 Å². The maximum Gasteiger partial charge on any atom is 0.269 e. The van der Waals surface area contributed by atoms with Crippen LogP contribution in [0.15, 0.2) is 139 Å². The van der Waals surface area contributed by atoms with Crippen LogP contribution < -0.4 is 9.47 Å². The summed E-state index contributed by atoms with van der Waals surface area (Å²) in [6, 6.07) is 32.8. The Morgan fingerprint density at radius 3 is 2.41 bits per heavy atom. The number of unbranched alkanes of at least 4 members (excludes halogenated alkanes) is 2. The zero-order valence-corrected chi connectivity index (χ0v) is 41.5. The predicted octanol–water partition coefficient (Wildman–Crippen LogP) is 12.2. The average Bonchev–Trinajstić information content (AvgIpc) is 3.94. The van der Waals surface area contributed by atoms with Crippen LogP contribution >= 0.6 is 0 Å². The van der Waals surface area contributed by atoms with Gasteiger partial charge in [-0.25, -0.2) is 0 Å². The fraction of sp³-hybridized carbons (Fsp3) is 0.417. The molecule has 2 fully saturated rings. The summed E-state index contributed by atoms with van der Waals surface area (Å²) < 4.78 is 21.4. The Kier molecular flexibility index (Phi) is 16.8. The summed E-state index contributed by atoms with van der Waals surface area (Å²) in [4.78, 5) is 46.8. The normalized spacial score (nSPS) is 22.7. The van der Waals surface area contributed by atoms with Crippen LogP contribution in [0.5, 0.6) is 17.2 Å². The highest BCUT2D eigenvalue weighted by Crippen LogP contribution is 2.62. The number of oxime groups is 1. The van der Waals surface area contributed by atoms with E-state index in [0.717, 1.165) is 78.7 Å². The van der Waals surface area contributed by atoms with Gasteiger partial charge in [0.05, 0.1) is 23.2 Å². The zero-order chi connectivity index (χ0) is 50.7. The quantitative estimate of drug-likeness (QED) is 0.0199. The van der Waals surface area contributed by atoms with E-state index in [1.807, 2.05) is 47.4 Å². The number of ether oxygens (including phenoxy) is 3.